The molecular formula is C16H30N4O4. The number of nitrogens with one attached hydrogen (secondary N) is 1. The Morgan fingerprint density at radius 2 is 1.96 bits per heavy atom. The molecule has 1 aromatic rings. The first-order chi connectivity index (χ1) is 11.7. The predicted molar refractivity (Wildman–Crippen MR) is 90.4 cm³/mol. The molecule has 0 saturated heterocycles. The highest BCUT2D eigenvalue weighted by atomic mass is 16.5. The van der Waals surface area contributed by atoms with E-state index in [2.05, 4.69) is 22.6 Å². The topological polar surface area (TPSA) is 95.3 Å². The van der Waals surface area contributed by atoms with Crippen molar-refractivity contribution in [1.29, 1.82) is 0 Å². The average molecular weight is 342 g/mol. The van der Waals surface area contributed by atoms with E-state index in [1.165, 1.54) is 6.42 Å². The Hall–Kier alpha value is -1.80. The molecule has 1 rings (SSSR count). The normalized spacial score (nSPS) is 10.8. The van der Waals surface area contributed by atoms with E-state index in [1.807, 2.05) is 6.20 Å². The highest BCUT2D eigenvalue weighted by Gasteiger charge is 2.05. The van der Waals surface area contributed by atoms with Crippen LogP contribution in [0.15, 0.2) is 6.20 Å². The lowest BCUT2D eigenvalue weighted by Crippen LogP contribution is -2.28. The van der Waals surface area contributed by atoms with Crippen LogP contribution < -0.4 is 5.32 Å². The molecule has 24 heavy (non-hydrogen) atoms. The van der Waals surface area contributed by atoms with E-state index in [9.17, 15) is 9.59 Å². The first-order valence-electron chi connectivity index (χ1n) is 8.48. The number of rotatable bonds is 14. The number of amides is 1. The number of carbonyl (C=O) groups excluding carboxylic acids is 2. The third kappa shape index (κ3) is 9.36. The fraction of sp³-hybridized carbons (Fsp3) is 0.750. The van der Waals surface area contributed by atoms with Crippen molar-refractivity contribution < 1.29 is 20.5 Å². The van der Waals surface area contributed by atoms with Crippen LogP contribution in [0.5, 0.6) is 0 Å². The fourth-order valence-corrected chi connectivity index (χ4v) is 1.86. The zero-order valence-electron chi connectivity index (χ0n) is 14.6. The number of nitrogens with zero attached hydrogens (tertiary/aromatic N) is 3. The van der Waals surface area contributed by atoms with Crippen LogP contribution in [0.1, 0.15) is 46.7 Å². The molecule has 1 amide bonds. The highest BCUT2D eigenvalue weighted by Crippen LogP contribution is 1.99. The van der Waals surface area contributed by atoms with Crippen molar-refractivity contribution in [2.75, 3.05) is 26.4 Å². The minimum absolute atomic E-state index is 0. The number of carbonyl (C=O) groups is 2. The van der Waals surface area contributed by atoms with Crippen LogP contribution in [0.3, 0.4) is 0 Å². The molecule has 8 nitrogen and oxygen atoms in total. The van der Waals surface area contributed by atoms with E-state index in [-0.39, 0.29) is 32.9 Å². The molecule has 0 saturated carbocycles. The summed E-state index contributed by atoms with van der Waals surface area (Å²) in [5.41, 5.74) is 0.723. The van der Waals surface area contributed by atoms with Crippen LogP contribution in [0.2, 0.25) is 0 Å². The summed E-state index contributed by atoms with van der Waals surface area (Å²) in [6, 6.07) is 0. The lowest BCUT2D eigenvalue weighted by Gasteiger charge is -2.05. The van der Waals surface area contributed by atoms with E-state index in [4.69, 9.17) is 9.47 Å². The van der Waals surface area contributed by atoms with Crippen LogP contribution >= 0.6 is 0 Å². The minimum atomic E-state index is -0.222. The largest absolute Gasteiger partial charge is 0.371 e. The van der Waals surface area contributed by atoms with Gasteiger partial charge in [0.05, 0.1) is 26.0 Å². The molecule has 8 heteroatoms. The predicted octanol–water partition coefficient (Wildman–Crippen LogP) is 1.34. The Kier molecular flexibility index (Phi) is 10.6. The molecule has 0 fully saturated rings. The molecule has 0 aliphatic heterocycles. The van der Waals surface area contributed by atoms with Crippen molar-refractivity contribution in [3.05, 3.63) is 11.9 Å². The summed E-state index contributed by atoms with van der Waals surface area (Å²) in [4.78, 5) is 22.6. The van der Waals surface area contributed by atoms with Crippen molar-refractivity contribution >= 4 is 11.7 Å². The van der Waals surface area contributed by atoms with Crippen LogP contribution in [-0.2, 0) is 32.2 Å². The molecule has 0 aliphatic rings. The van der Waals surface area contributed by atoms with Gasteiger partial charge in [-0.15, -0.1) is 5.10 Å². The van der Waals surface area contributed by atoms with E-state index in [0.717, 1.165) is 25.1 Å². The molecule has 0 aromatic carbocycles. The molecule has 0 atom stereocenters. The summed E-state index contributed by atoms with van der Waals surface area (Å²) in [6.07, 6.45) is 5.71. The molecule has 0 aliphatic carbocycles. The number of aryl methyl sites for hydroxylation is 1. The van der Waals surface area contributed by atoms with Gasteiger partial charge in [0.1, 0.15) is 18.9 Å². The maximum Gasteiger partial charge on any atom is 0.246 e. The first-order valence-corrected chi connectivity index (χ1v) is 8.48. The Bertz CT molecular complexity index is 496. The van der Waals surface area contributed by atoms with Gasteiger partial charge in [0.2, 0.25) is 5.91 Å². The molecule has 1 aromatic heterocycles. The Morgan fingerprint density at radius 3 is 2.67 bits per heavy atom. The Morgan fingerprint density at radius 1 is 1.21 bits per heavy atom. The molecule has 0 bridgehead atoms. The van der Waals surface area contributed by atoms with Gasteiger partial charge < -0.3 is 14.8 Å². The molecule has 138 valence electrons. The first kappa shape index (κ1) is 20.2. The summed E-state index contributed by atoms with van der Waals surface area (Å²) >= 11 is 0. The van der Waals surface area contributed by atoms with Crippen molar-refractivity contribution in [2.24, 2.45) is 0 Å². The second-order valence-electron chi connectivity index (χ2n) is 5.45. The number of ether oxygens (including phenoxy) is 2. The van der Waals surface area contributed by atoms with E-state index in [0.29, 0.717) is 19.6 Å². The minimum Gasteiger partial charge on any atom is -0.371 e. The lowest BCUT2D eigenvalue weighted by atomic mass is 10.2. The van der Waals surface area contributed by atoms with Gasteiger partial charge >= 0.3 is 0 Å². The number of unbranched alkanes of at least 4 members (excludes halogenated alkanes) is 2. The molecule has 0 radical (unpaired) electrons. The molecule has 1 N–H and O–H groups in total. The zero-order chi connectivity index (χ0) is 17.6. The van der Waals surface area contributed by atoms with E-state index < -0.39 is 0 Å². The number of hydrogen-bond donors (Lipinski definition) is 1. The van der Waals surface area contributed by atoms with Gasteiger partial charge in [0.15, 0.2) is 5.78 Å². The zero-order valence-corrected chi connectivity index (χ0v) is 14.6. The summed E-state index contributed by atoms with van der Waals surface area (Å²) in [7, 11) is 0. The monoisotopic (exact) mass is 342 g/mol. The highest BCUT2D eigenvalue weighted by molar-refractivity contribution is 5.79. The number of ketones is 1. The maximum atomic E-state index is 11.6. The number of aromatic nitrogens is 3. The van der Waals surface area contributed by atoms with Gasteiger partial charge in [-0.2, -0.15) is 0 Å². The second-order valence-corrected chi connectivity index (χ2v) is 5.45. The second kappa shape index (κ2) is 12.6. The molecule has 1 heterocycles. The molecule has 0 unspecified atom stereocenters. The van der Waals surface area contributed by atoms with Crippen LogP contribution in [0.25, 0.3) is 0 Å². The van der Waals surface area contributed by atoms with Gasteiger partial charge in [0, 0.05) is 14.4 Å². The smallest absolute Gasteiger partial charge is 0.246 e. The summed E-state index contributed by atoms with van der Waals surface area (Å²) in [6.45, 7) is 5.74. The van der Waals surface area contributed by atoms with Crippen LogP contribution in [-0.4, -0.2) is 53.1 Å². The van der Waals surface area contributed by atoms with Crippen molar-refractivity contribution in [3.8, 4) is 0 Å². The van der Waals surface area contributed by atoms with Crippen molar-refractivity contribution in [3.63, 3.8) is 0 Å². The third-order valence-corrected chi connectivity index (χ3v) is 3.31. The van der Waals surface area contributed by atoms with Crippen LogP contribution in [0, 0.1) is 0 Å². The van der Waals surface area contributed by atoms with Gasteiger partial charge in [-0.25, -0.2) is 0 Å². The summed E-state index contributed by atoms with van der Waals surface area (Å²) < 4.78 is 12.1. The van der Waals surface area contributed by atoms with E-state index in [1.54, 1.807) is 11.6 Å². The summed E-state index contributed by atoms with van der Waals surface area (Å²) in [5, 5.41) is 10.8. The Balaban J connectivity index is 0.00000576. The standard InChI is InChI=1S/C16H28N4O4.H2/c1-3-5-6-7-20-11-14(18-19-20)10-17-16(22)13-24-9-8-23-12-15(21)4-2;/h11H,3-10,12-13H2,1-2H3,(H,17,22);1H. The van der Waals surface area contributed by atoms with Crippen molar-refractivity contribution in [1.82, 2.24) is 20.3 Å². The fourth-order valence-electron chi connectivity index (χ4n) is 1.86. The lowest BCUT2D eigenvalue weighted by molar-refractivity contribution is -0.128. The third-order valence-electron chi connectivity index (χ3n) is 3.31. The average Bonchev–Trinajstić information content (AvgIpc) is 3.04. The molecular weight excluding hydrogens is 312 g/mol. The quantitative estimate of drug-likeness (QED) is 0.513. The summed E-state index contributed by atoms with van der Waals surface area (Å²) in [5.74, 6) is -0.171. The molecule has 0 spiro atoms. The van der Waals surface area contributed by atoms with Gasteiger partial charge in [-0.3, -0.25) is 14.3 Å². The maximum absolute atomic E-state index is 11.6. The SMILES string of the molecule is CCCCCn1cc(CNC(=O)COCCOCC(=O)CC)nn1.[HH]. The van der Waals surface area contributed by atoms with Gasteiger partial charge in [-0.1, -0.05) is 31.9 Å². The van der Waals surface area contributed by atoms with Gasteiger partial charge in [0.25, 0.3) is 0 Å². The van der Waals surface area contributed by atoms with Crippen molar-refractivity contribution in [2.45, 2.75) is 52.6 Å². The number of hydrogen-bond acceptors (Lipinski definition) is 6. The number of Topliss-reactive ketones (excluding diaryl/α,β-unsaturated/α-hetero) is 1. The van der Waals surface area contributed by atoms with Crippen LogP contribution in [0.4, 0.5) is 0 Å². The Labute approximate surface area is 144 Å². The van der Waals surface area contributed by atoms with Gasteiger partial charge in [-0.05, 0) is 6.42 Å². The van der Waals surface area contributed by atoms with E-state index >= 15 is 0 Å².